The zero-order chi connectivity index (χ0) is 23.4. The third-order valence-electron chi connectivity index (χ3n) is 6.42. The number of benzene rings is 3. The summed E-state index contributed by atoms with van der Waals surface area (Å²) in [6, 6.07) is 25.3. The molecular weight excluding hydrogens is 412 g/mol. The average Bonchev–Trinajstić information content (AvgIpc) is 2.84. The van der Waals surface area contributed by atoms with Crippen molar-refractivity contribution in [2.24, 2.45) is 0 Å². The van der Waals surface area contributed by atoms with Crippen LogP contribution in [-0.2, 0) is 16.0 Å². The minimum atomic E-state index is -1.04. The van der Waals surface area contributed by atoms with Crippen LogP contribution in [0.25, 0.3) is 0 Å². The average molecular weight is 445 g/mol. The summed E-state index contributed by atoms with van der Waals surface area (Å²) in [6.45, 7) is 5.59. The fraction of sp³-hybridized carbons (Fsp3) is 0.345. The molecule has 0 fully saturated rings. The van der Waals surface area contributed by atoms with Crippen LogP contribution in [0.3, 0.4) is 0 Å². The molecule has 0 saturated carbocycles. The van der Waals surface area contributed by atoms with E-state index < -0.39 is 5.60 Å². The molecule has 0 heterocycles. The molecule has 3 aromatic rings. The van der Waals surface area contributed by atoms with E-state index in [4.69, 9.17) is 14.2 Å². The number of hydrogen-bond acceptors (Lipinski definition) is 4. The van der Waals surface area contributed by atoms with E-state index in [0.29, 0.717) is 18.3 Å². The van der Waals surface area contributed by atoms with E-state index in [1.165, 1.54) is 22.3 Å². The van der Waals surface area contributed by atoms with Crippen LogP contribution in [0.1, 0.15) is 61.3 Å². The van der Waals surface area contributed by atoms with Gasteiger partial charge in [0, 0.05) is 5.92 Å². The van der Waals surface area contributed by atoms with Gasteiger partial charge in [-0.25, -0.2) is 4.79 Å². The molecule has 0 aliphatic heterocycles. The van der Waals surface area contributed by atoms with Crippen molar-refractivity contribution in [3.8, 4) is 11.5 Å². The Morgan fingerprint density at radius 2 is 1.64 bits per heavy atom. The number of esters is 1. The summed E-state index contributed by atoms with van der Waals surface area (Å²) in [4.78, 5) is 12.2. The van der Waals surface area contributed by atoms with Crippen LogP contribution in [0.5, 0.6) is 11.5 Å². The van der Waals surface area contributed by atoms with Crippen LogP contribution < -0.4 is 9.47 Å². The van der Waals surface area contributed by atoms with Gasteiger partial charge in [0.2, 0.25) is 0 Å². The summed E-state index contributed by atoms with van der Waals surface area (Å²) in [5, 5.41) is 0. The number of rotatable bonds is 7. The first-order valence-electron chi connectivity index (χ1n) is 11.6. The second-order valence-corrected chi connectivity index (χ2v) is 9.00. The van der Waals surface area contributed by atoms with Crippen LogP contribution in [0.2, 0.25) is 0 Å². The number of aryl methyl sites for hydroxylation is 1. The van der Waals surface area contributed by atoms with Crippen molar-refractivity contribution >= 4 is 5.97 Å². The zero-order valence-electron chi connectivity index (χ0n) is 19.8. The fourth-order valence-corrected chi connectivity index (χ4v) is 4.78. The van der Waals surface area contributed by atoms with Crippen molar-refractivity contribution in [2.45, 2.75) is 51.0 Å². The van der Waals surface area contributed by atoms with Gasteiger partial charge >= 0.3 is 5.97 Å². The van der Waals surface area contributed by atoms with Crippen LogP contribution in [-0.4, -0.2) is 25.3 Å². The molecule has 3 aromatic carbocycles. The molecule has 0 N–H and O–H groups in total. The molecule has 0 unspecified atom stereocenters. The molecule has 1 aliphatic carbocycles. The molecule has 4 heteroatoms. The minimum absolute atomic E-state index is 0.231. The number of carbonyl (C=O) groups is 1. The maximum atomic E-state index is 12.2. The Hall–Kier alpha value is -3.27. The van der Waals surface area contributed by atoms with Crippen molar-refractivity contribution in [3.05, 3.63) is 95.1 Å². The number of hydrogen-bond donors (Lipinski definition) is 0. The summed E-state index contributed by atoms with van der Waals surface area (Å²) in [5.74, 6) is 1.80. The molecular formula is C29H32O4. The molecule has 4 rings (SSSR count). The lowest BCUT2D eigenvalue weighted by Crippen LogP contribution is -2.39. The Labute approximate surface area is 196 Å². The maximum Gasteiger partial charge on any atom is 0.349 e. The first-order chi connectivity index (χ1) is 15.9. The van der Waals surface area contributed by atoms with Gasteiger partial charge in [0.1, 0.15) is 11.5 Å². The van der Waals surface area contributed by atoms with E-state index in [2.05, 4.69) is 60.7 Å². The lowest BCUT2D eigenvalue weighted by Gasteiger charge is -2.35. The summed E-state index contributed by atoms with van der Waals surface area (Å²) < 4.78 is 16.6. The van der Waals surface area contributed by atoms with Gasteiger partial charge < -0.3 is 14.2 Å². The van der Waals surface area contributed by atoms with E-state index in [9.17, 15) is 4.79 Å². The molecule has 2 atom stereocenters. The van der Waals surface area contributed by atoms with E-state index >= 15 is 0 Å². The van der Waals surface area contributed by atoms with Crippen molar-refractivity contribution in [2.75, 3.05) is 13.7 Å². The Morgan fingerprint density at radius 3 is 2.30 bits per heavy atom. The topological polar surface area (TPSA) is 44.8 Å². The van der Waals surface area contributed by atoms with Crippen LogP contribution in [0.4, 0.5) is 0 Å². The van der Waals surface area contributed by atoms with Gasteiger partial charge in [-0.1, -0.05) is 48.5 Å². The molecule has 33 heavy (non-hydrogen) atoms. The Morgan fingerprint density at radius 1 is 0.939 bits per heavy atom. The standard InChI is InChI=1S/C29H32O4/c1-5-32-28(30)29(2,3)33-23-14-11-21(12-15-23)27-25(20-9-7-6-8-10-20)17-13-22-19-24(31-4)16-18-26(22)27/h6-12,14-16,18-19,25,27H,5,13,17H2,1-4H3/t25-,27+/m1/s1. The maximum absolute atomic E-state index is 12.2. The van der Waals surface area contributed by atoms with Gasteiger partial charge in [-0.3, -0.25) is 0 Å². The molecule has 0 saturated heterocycles. The Kier molecular flexibility index (Phi) is 6.73. The predicted octanol–water partition coefficient (Wildman–Crippen LogP) is 6.28. The van der Waals surface area contributed by atoms with Crippen molar-refractivity contribution in [1.29, 1.82) is 0 Å². The number of ether oxygens (including phenoxy) is 3. The highest BCUT2D eigenvalue weighted by Gasteiger charge is 2.33. The predicted molar refractivity (Wildman–Crippen MR) is 130 cm³/mol. The second kappa shape index (κ2) is 9.70. The van der Waals surface area contributed by atoms with Crippen LogP contribution in [0, 0.1) is 0 Å². The van der Waals surface area contributed by atoms with Crippen LogP contribution in [0.15, 0.2) is 72.8 Å². The first-order valence-corrected chi connectivity index (χ1v) is 11.6. The number of methoxy groups -OCH3 is 1. The molecule has 0 radical (unpaired) electrons. The lowest BCUT2D eigenvalue weighted by atomic mass is 9.69. The van der Waals surface area contributed by atoms with Gasteiger partial charge in [-0.2, -0.15) is 0 Å². The lowest BCUT2D eigenvalue weighted by molar-refractivity contribution is -0.158. The number of fused-ring (bicyclic) bond motifs is 1. The first kappa shape index (κ1) is 22.9. The van der Waals surface area contributed by atoms with Crippen LogP contribution >= 0.6 is 0 Å². The smallest absolute Gasteiger partial charge is 0.349 e. The highest BCUT2D eigenvalue weighted by molar-refractivity contribution is 5.79. The van der Waals surface area contributed by atoms with Gasteiger partial charge in [0.15, 0.2) is 5.60 Å². The van der Waals surface area contributed by atoms with Gasteiger partial charge in [0.05, 0.1) is 13.7 Å². The highest BCUT2D eigenvalue weighted by Crippen LogP contribution is 2.47. The summed E-state index contributed by atoms with van der Waals surface area (Å²) in [5.41, 5.74) is 4.23. The van der Waals surface area contributed by atoms with Crippen molar-refractivity contribution in [1.82, 2.24) is 0 Å². The van der Waals surface area contributed by atoms with Gasteiger partial charge in [0.25, 0.3) is 0 Å². The molecule has 0 spiro atoms. The van der Waals surface area contributed by atoms with E-state index in [1.807, 2.05) is 12.1 Å². The van der Waals surface area contributed by atoms with E-state index in [0.717, 1.165) is 18.6 Å². The monoisotopic (exact) mass is 444 g/mol. The largest absolute Gasteiger partial charge is 0.497 e. The molecule has 0 bridgehead atoms. The highest BCUT2D eigenvalue weighted by atomic mass is 16.6. The second-order valence-electron chi connectivity index (χ2n) is 9.00. The molecule has 4 nitrogen and oxygen atoms in total. The fourth-order valence-electron chi connectivity index (χ4n) is 4.78. The summed E-state index contributed by atoms with van der Waals surface area (Å²) in [6.07, 6.45) is 2.10. The Balaban J connectivity index is 1.67. The third kappa shape index (κ3) is 4.90. The van der Waals surface area contributed by atoms with Crippen molar-refractivity contribution in [3.63, 3.8) is 0 Å². The molecule has 0 aromatic heterocycles. The molecule has 1 aliphatic rings. The minimum Gasteiger partial charge on any atom is -0.497 e. The summed E-state index contributed by atoms with van der Waals surface area (Å²) in [7, 11) is 1.71. The zero-order valence-corrected chi connectivity index (χ0v) is 19.8. The SMILES string of the molecule is CCOC(=O)C(C)(C)Oc1ccc([C@@H]2c3ccc(OC)cc3CC[C@@H]2c2ccccc2)cc1. The quantitative estimate of drug-likeness (QED) is 0.403. The summed E-state index contributed by atoms with van der Waals surface area (Å²) >= 11 is 0. The normalized spacial score (nSPS) is 17.7. The van der Waals surface area contributed by atoms with E-state index in [1.54, 1.807) is 27.9 Å². The Bertz CT molecular complexity index is 1090. The van der Waals surface area contributed by atoms with Gasteiger partial charge in [-0.15, -0.1) is 0 Å². The molecule has 0 amide bonds. The van der Waals surface area contributed by atoms with Gasteiger partial charge in [-0.05, 0) is 86.1 Å². The van der Waals surface area contributed by atoms with E-state index in [-0.39, 0.29) is 11.9 Å². The van der Waals surface area contributed by atoms with Crippen molar-refractivity contribution < 1.29 is 19.0 Å². The molecule has 172 valence electrons. The third-order valence-corrected chi connectivity index (χ3v) is 6.42. The number of carbonyl (C=O) groups excluding carboxylic acids is 1.